The van der Waals surface area contributed by atoms with Gasteiger partial charge in [-0.05, 0) is 109 Å². The summed E-state index contributed by atoms with van der Waals surface area (Å²) in [5.74, 6) is 0.109. The molecule has 0 amide bonds. The van der Waals surface area contributed by atoms with Crippen LogP contribution in [-0.2, 0) is 0 Å². The van der Waals surface area contributed by atoms with Crippen LogP contribution in [0.1, 0.15) is 22.6 Å². The highest BCUT2D eigenvalue weighted by molar-refractivity contribution is 5.81. The minimum absolute atomic E-state index is 0.109. The Hall–Kier alpha value is -8.00. The van der Waals surface area contributed by atoms with Crippen LogP contribution in [0.5, 0.6) is 0 Å². The summed E-state index contributed by atoms with van der Waals surface area (Å²) in [6, 6.07) is 96.4. The van der Waals surface area contributed by atoms with Gasteiger partial charge in [0.2, 0.25) is 0 Å². The summed E-state index contributed by atoms with van der Waals surface area (Å²) in [6.07, 6.45) is 0. The third-order valence-electron chi connectivity index (χ3n) is 11.9. The van der Waals surface area contributed by atoms with Crippen LogP contribution < -0.4 is 4.90 Å². The Labute approximate surface area is 365 Å². The van der Waals surface area contributed by atoms with E-state index < -0.39 is 0 Å². The molecule has 0 N–H and O–H groups in total. The van der Waals surface area contributed by atoms with Gasteiger partial charge in [0.05, 0.1) is 0 Å². The zero-order chi connectivity index (χ0) is 41.5. The normalized spacial score (nSPS) is 11.5. The highest BCUT2D eigenvalue weighted by atomic mass is 15.1. The summed E-state index contributed by atoms with van der Waals surface area (Å²) in [4.78, 5) is 2.34. The summed E-state index contributed by atoms with van der Waals surface area (Å²) in [5, 5.41) is 0. The van der Waals surface area contributed by atoms with E-state index in [0.29, 0.717) is 0 Å². The van der Waals surface area contributed by atoms with E-state index in [-0.39, 0.29) is 5.92 Å². The van der Waals surface area contributed by atoms with Crippen molar-refractivity contribution in [1.82, 2.24) is 0 Å². The van der Waals surface area contributed by atoms with E-state index in [1.807, 2.05) is 0 Å². The van der Waals surface area contributed by atoms with Gasteiger partial charge >= 0.3 is 0 Å². The maximum Gasteiger partial charge on any atom is 0.0462 e. The molecule has 10 rings (SSSR count). The smallest absolute Gasteiger partial charge is 0.0462 e. The number of anilines is 3. The van der Waals surface area contributed by atoms with Gasteiger partial charge in [0.15, 0.2) is 0 Å². The Morgan fingerprint density at radius 1 is 0.177 bits per heavy atom. The second-order valence-corrected chi connectivity index (χ2v) is 15.7. The summed E-state index contributed by atoms with van der Waals surface area (Å²) < 4.78 is 0. The van der Waals surface area contributed by atoms with E-state index >= 15 is 0 Å². The lowest BCUT2D eigenvalue weighted by Crippen LogP contribution is -2.09. The molecule has 1 heteroatoms. The molecule has 1 unspecified atom stereocenters. The second-order valence-electron chi connectivity index (χ2n) is 15.7. The average Bonchev–Trinajstić information content (AvgIpc) is 3.36. The topological polar surface area (TPSA) is 3.24 Å². The maximum absolute atomic E-state index is 2.34. The van der Waals surface area contributed by atoms with Crippen LogP contribution in [0.15, 0.2) is 267 Å². The lowest BCUT2D eigenvalue weighted by atomic mass is 9.84. The van der Waals surface area contributed by atoms with E-state index in [4.69, 9.17) is 0 Å². The van der Waals surface area contributed by atoms with Gasteiger partial charge in [0, 0.05) is 23.0 Å². The minimum atomic E-state index is 0.109. The van der Waals surface area contributed by atoms with Gasteiger partial charge in [-0.3, -0.25) is 0 Å². The molecule has 0 radical (unpaired) electrons. The third-order valence-corrected chi connectivity index (χ3v) is 11.9. The van der Waals surface area contributed by atoms with Crippen LogP contribution in [0, 0.1) is 0 Å². The van der Waals surface area contributed by atoms with E-state index in [0.717, 1.165) is 17.1 Å². The fourth-order valence-electron chi connectivity index (χ4n) is 8.56. The zero-order valence-corrected chi connectivity index (χ0v) is 34.4. The monoisotopic (exact) mass is 791 g/mol. The van der Waals surface area contributed by atoms with Crippen molar-refractivity contribution in [2.75, 3.05) is 4.90 Å². The quantitative estimate of drug-likeness (QED) is 0.118. The molecule has 10 aromatic rings. The van der Waals surface area contributed by atoms with E-state index in [9.17, 15) is 0 Å². The van der Waals surface area contributed by atoms with Crippen LogP contribution >= 0.6 is 0 Å². The fourth-order valence-corrected chi connectivity index (χ4v) is 8.56. The van der Waals surface area contributed by atoms with Gasteiger partial charge in [-0.2, -0.15) is 0 Å². The third kappa shape index (κ3) is 8.26. The first-order chi connectivity index (χ1) is 30.7. The Kier molecular flexibility index (Phi) is 10.9. The molecule has 10 aromatic carbocycles. The van der Waals surface area contributed by atoms with Gasteiger partial charge in [-0.25, -0.2) is 0 Å². The molecule has 294 valence electrons. The summed E-state index contributed by atoms with van der Waals surface area (Å²) >= 11 is 0. The zero-order valence-electron chi connectivity index (χ0n) is 34.4. The van der Waals surface area contributed by atoms with Crippen LogP contribution in [0.4, 0.5) is 17.1 Å². The number of hydrogen-bond acceptors (Lipinski definition) is 1. The van der Waals surface area contributed by atoms with Crippen molar-refractivity contribution >= 4 is 17.1 Å². The predicted molar refractivity (Wildman–Crippen MR) is 262 cm³/mol. The van der Waals surface area contributed by atoms with E-state index in [2.05, 4.69) is 272 Å². The standard InChI is InChI=1S/C61H45N/c1-5-13-45(14-6-1)48-21-23-49(24-22-48)50-25-29-56(30-26-50)61(55-19-11-4-12-20-55)57-31-27-51(28-32-57)54-37-43-60(44-38-54)62(58-39-33-52(34-40-58)46-15-7-2-8-16-46)59-41-35-53(36-42-59)47-17-9-3-10-18-47/h1-44,61H. The van der Waals surface area contributed by atoms with Crippen molar-refractivity contribution in [3.63, 3.8) is 0 Å². The molecule has 0 spiro atoms. The lowest BCUT2D eigenvalue weighted by molar-refractivity contribution is 0.978. The van der Waals surface area contributed by atoms with Crippen molar-refractivity contribution in [3.8, 4) is 55.6 Å². The molecule has 0 fully saturated rings. The fraction of sp³-hybridized carbons (Fsp3) is 0.0164. The first-order valence-corrected chi connectivity index (χ1v) is 21.4. The van der Waals surface area contributed by atoms with Crippen LogP contribution in [0.2, 0.25) is 0 Å². The molecule has 0 aromatic heterocycles. The summed E-state index contributed by atoms with van der Waals surface area (Å²) in [5.41, 5.74) is 19.2. The molecule has 0 heterocycles. The molecule has 1 nitrogen and oxygen atoms in total. The van der Waals surface area contributed by atoms with Crippen LogP contribution in [0.3, 0.4) is 0 Å². The molecule has 1 atom stereocenters. The Balaban J connectivity index is 0.922. The van der Waals surface area contributed by atoms with Gasteiger partial charge in [0.25, 0.3) is 0 Å². The van der Waals surface area contributed by atoms with E-state index in [1.165, 1.54) is 72.3 Å². The van der Waals surface area contributed by atoms with Crippen molar-refractivity contribution in [2.45, 2.75) is 5.92 Å². The molecule has 62 heavy (non-hydrogen) atoms. The van der Waals surface area contributed by atoms with Gasteiger partial charge in [0.1, 0.15) is 0 Å². The lowest BCUT2D eigenvalue weighted by Gasteiger charge is -2.26. The summed E-state index contributed by atoms with van der Waals surface area (Å²) in [6.45, 7) is 0. The van der Waals surface area contributed by atoms with E-state index in [1.54, 1.807) is 0 Å². The Morgan fingerprint density at radius 3 is 0.645 bits per heavy atom. The van der Waals surface area contributed by atoms with Crippen molar-refractivity contribution in [1.29, 1.82) is 0 Å². The minimum Gasteiger partial charge on any atom is -0.311 e. The summed E-state index contributed by atoms with van der Waals surface area (Å²) in [7, 11) is 0. The van der Waals surface area contributed by atoms with Crippen molar-refractivity contribution in [2.24, 2.45) is 0 Å². The number of benzene rings is 10. The van der Waals surface area contributed by atoms with Gasteiger partial charge in [-0.1, -0.05) is 231 Å². The Morgan fingerprint density at radius 2 is 0.371 bits per heavy atom. The van der Waals surface area contributed by atoms with Crippen molar-refractivity contribution in [3.05, 3.63) is 284 Å². The van der Waals surface area contributed by atoms with Gasteiger partial charge < -0.3 is 4.90 Å². The highest BCUT2D eigenvalue weighted by Gasteiger charge is 2.18. The number of nitrogens with zero attached hydrogens (tertiary/aromatic N) is 1. The van der Waals surface area contributed by atoms with Crippen molar-refractivity contribution < 1.29 is 0 Å². The second kappa shape index (κ2) is 17.7. The molecular formula is C61H45N. The molecule has 0 saturated carbocycles. The number of rotatable bonds is 11. The van der Waals surface area contributed by atoms with Crippen LogP contribution in [-0.4, -0.2) is 0 Å². The number of hydrogen-bond donors (Lipinski definition) is 0. The predicted octanol–water partition coefficient (Wildman–Crippen LogP) is 16.7. The maximum atomic E-state index is 2.34. The highest BCUT2D eigenvalue weighted by Crippen LogP contribution is 2.39. The molecule has 0 saturated heterocycles. The first-order valence-electron chi connectivity index (χ1n) is 21.4. The molecule has 0 bridgehead atoms. The molecular weight excluding hydrogens is 747 g/mol. The van der Waals surface area contributed by atoms with Gasteiger partial charge in [-0.15, -0.1) is 0 Å². The molecule has 0 aliphatic rings. The SMILES string of the molecule is c1ccc(-c2ccc(-c3ccc(C(c4ccccc4)c4ccc(-c5ccc(N(c6ccc(-c7ccccc7)cc6)c6ccc(-c7ccccc7)cc6)cc5)cc4)cc3)cc2)cc1. The average molecular weight is 792 g/mol. The molecule has 0 aliphatic carbocycles. The molecule has 0 aliphatic heterocycles. The Bertz CT molecular complexity index is 2880. The first kappa shape index (κ1) is 38.2. The van der Waals surface area contributed by atoms with Crippen LogP contribution in [0.25, 0.3) is 55.6 Å². The largest absolute Gasteiger partial charge is 0.311 e.